The van der Waals surface area contributed by atoms with Gasteiger partial charge in [-0.3, -0.25) is 4.79 Å². The number of hydrogen-bond donors (Lipinski definition) is 1. The second kappa shape index (κ2) is 2.03. The number of carbonyl (C=O) groups is 1. The molecule has 4 heteroatoms. The number of nitrogens with zero attached hydrogens (tertiary/aromatic N) is 1. The van der Waals surface area contributed by atoms with Gasteiger partial charge in [0.05, 0.1) is 0 Å². The standard InChI is InChI=1S/C6H6N2O2/c1-3-5(9)4(2-7)6(8)10-3/h3H,8H2,1H3/t3-/m0/s1. The van der Waals surface area contributed by atoms with Crippen molar-refractivity contribution in [2.45, 2.75) is 13.0 Å². The van der Waals surface area contributed by atoms with Gasteiger partial charge in [-0.05, 0) is 6.92 Å². The lowest BCUT2D eigenvalue weighted by Crippen LogP contribution is -2.12. The lowest BCUT2D eigenvalue weighted by Gasteiger charge is -1.99. The third kappa shape index (κ3) is 0.722. The van der Waals surface area contributed by atoms with Gasteiger partial charge < -0.3 is 10.5 Å². The predicted molar refractivity (Wildman–Crippen MR) is 32.4 cm³/mol. The van der Waals surface area contributed by atoms with Crippen molar-refractivity contribution < 1.29 is 9.53 Å². The van der Waals surface area contributed by atoms with Crippen LogP contribution in [0.4, 0.5) is 0 Å². The maximum atomic E-state index is 10.9. The Bertz CT molecular complexity index is 249. The van der Waals surface area contributed by atoms with E-state index >= 15 is 0 Å². The van der Waals surface area contributed by atoms with Crippen molar-refractivity contribution in [3.63, 3.8) is 0 Å². The molecule has 0 bridgehead atoms. The van der Waals surface area contributed by atoms with E-state index in [1.54, 1.807) is 13.0 Å². The molecule has 0 amide bonds. The molecular formula is C6H6N2O2. The summed E-state index contributed by atoms with van der Waals surface area (Å²) < 4.78 is 4.76. The van der Waals surface area contributed by atoms with Crippen LogP contribution in [-0.4, -0.2) is 11.9 Å². The predicted octanol–water partition coefficient (Wildman–Crippen LogP) is -0.332. The Hall–Kier alpha value is -1.50. The molecule has 0 saturated heterocycles. The van der Waals surface area contributed by atoms with Gasteiger partial charge in [0, 0.05) is 0 Å². The van der Waals surface area contributed by atoms with Crippen LogP contribution in [-0.2, 0) is 9.53 Å². The van der Waals surface area contributed by atoms with Crippen LogP contribution in [0.25, 0.3) is 0 Å². The summed E-state index contributed by atoms with van der Waals surface area (Å²) in [5.74, 6) is -0.389. The number of ketones is 1. The van der Waals surface area contributed by atoms with Crippen LogP contribution >= 0.6 is 0 Å². The van der Waals surface area contributed by atoms with E-state index in [2.05, 4.69) is 0 Å². The van der Waals surface area contributed by atoms with Gasteiger partial charge in [0.2, 0.25) is 11.7 Å². The van der Waals surface area contributed by atoms with Crippen LogP contribution in [0.2, 0.25) is 0 Å². The fraction of sp³-hybridized carbons (Fsp3) is 0.333. The van der Waals surface area contributed by atoms with Crippen LogP contribution in [0.15, 0.2) is 11.5 Å². The van der Waals surface area contributed by atoms with Crippen LogP contribution in [0, 0.1) is 11.3 Å². The summed E-state index contributed by atoms with van der Waals surface area (Å²) in [5.41, 5.74) is 5.12. The molecule has 0 fully saturated rings. The molecule has 0 unspecified atom stereocenters. The van der Waals surface area contributed by atoms with E-state index in [1.165, 1.54) is 0 Å². The smallest absolute Gasteiger partial charge is 0.218 e. The average Bonchev–Trinajstić information content (AvgIpc) is 2.09. The minimum Gasteiger partial charge on any atom is -0.467 e. The maximum Gasteiger partial charge on any atom is 0.218 e. The zero-order valence-corrected chi connectivity index (χ0v) is 5.42. The minimum absolute atomic E-state index is 0.0556. The SMILES string of the molecule is C[C@@H]1OC(N)=C(C#N)C1=O. The summed E-state index contributed by atoms with van der Waals surface area (Å²) in [6.45, 7) is 1.56. The molecular weight excluding hydrogens is 132 g/mol. The molecule has 0 aromatic rings. The minimum atomic E-state index is -0.588. The normalized spacial score (nSPS) is 24.4. The molecule has 0 aliphatic carbocycles. The monoisotopic (exact) mass is 138 g/mol. The number of nitrogens with two attached hydrogens (primary N) is 1. The molecule has 10 heavy (non-hydrogen) atoms. The zero-order valence-electron chi connectivity index (χ0n) is 5.42. The van der Waals surface area contributed by atoms with E-state index < -0.39 is 6.10 Å². The van der Waals surface area contributed by atoms with E-state index in [4.69, 9.17) is 15.7 Å². The van der Waals surface area contributed by atoms with Crippen molar-refractivity contribution >= 4 is 5.78 Å². The third-order valence-corrected chi connectivity index (χ3v) is 1.28. The number of nitriles is 1. The Morgan fingerprint density at radius 2 is 2.40 bits per heavy atom. The topological polar surface area (TPSA) is 76.1 Å². The van der Waals surface area contributed by atoms with Crippen LogP contribution in [0.5, 0.6) is 0 Å². The highest BCUT2D eigenvalue weighted by molar-refractivity contribution is 6.04. The Morgan fingerprint density at radius 1 is 1.80 bits per heavy atom. The lowest BCUT2D eigenvalue weighted by atomic mass is 10.1. The van der Waals surface area contributed by atoms with Gasteiger partial charge >= 0.3 is 0 Å². The molecule has 1 aliphatic heterocycles. The molecule has 0 spiro atoms. The lowest BCUT2D eigenvalue weighted by molar-refractivity contribution is -0.120. The fourth-order valence-electron chi connectivity index (χ4n) is 0.738. The molecule has 0 saturated carbocycles. The van der Waals surface area contributed by atoms with Crippen molar-refractivity contribution in [3.8, 4) is 6.07 Å². The molecule has 0 aromatic carbocycles. The number of Topliss-reactive ketones (excluding diaryl/α,β-unsaturated/α-hetero) is 1. The van der Waals surface area contributed by atoms with Gasteiger partial charge in [0.1, 0.15) is 6.07 Å². The van der Waals surface area contributed by atoms with Crippen LogP contribution < -0.4 is 5.73 Å². The number of carbonyl (C=O) groups excluding carboxylic acids is 1. The Kier molecular flexibility index (Phi) is 1.34. The first kappa shape index (κ1) is 6.62. The zero-order chi connectivity index (χ0) is 7.72. The van der Waals surface area contributed by atoms with E-state index in [9.17, 15) is 4.79 Å². The van der Waals surface area contributed by atoms with E-state index in [-0.39, 0.29) is 17.2 Å². The van der Waals surface area contributed by atoms with E-state index in [0.717, 1.165) is 0 Å². The highest BCUT2D eigenvalue weighted by atomic mass is 16.5. The van der Waals surface area contributed by atoms with Crippen molar-refractivity contribution in [1.82, 2.24) is 0 Å². The van der Waals surface area contributed by atoms with Gasteiger partial charge in [0.25, 0.3) is 0 Å². The fourth-order valence-corrected chi connectivity index (χ4v) is 0.738. The Balaban J connectivity index is 2.99. The molecule has 1 atom stereocenters. The highest BCUT2D eigenvalue weighted by Gasteiger charge is 2.30. The number of ether oxygens (including phenoxy) is 1. The summed E-state index contributed by atoms with van der Waals surface area (Å²) in [4.78, 5) is 10.9. The summed E-state index contributed by atoms with van der Waals surface area (Å²) in [5, 5.41) is 8.34. The van der Waals surface area contributed by atoms with Crippen LogP contribution in [0.3, 0.4) is 0 Å². The first-order valence-electron chi connectivity index (χ1n) is 2.77. The number of hydrogen-bond acceptors (Lipinski definition) is 4. The quantitative estimate of drug-likeness (QED) is 0.497. The molecule has 2 N–H and O–H groups in total. The Morgan fingerprint density at radius 3 is 2.60 bits per heavy atom. The van der Waals surface area contributed by atoms with Gasteiger partial charge in [-0.2, -0.15) is 5.26 Å². The highest BCUT2D eigenvalue weighted by Crippen LogP contribution is 2.16. The maximum absolute atomic E-state index is 10.9. The molecule has 0 aromatic heterocycles. The summed E-state index contributed by atoms with van der Waals surface area (Å²) in [6.07, 6.45) is -0.588. The molecule has 0 radical (unpaired) electrons. The summed E-state index contributed by atoms with van der Waals surface area (Å²) >= 11 is 0. The van der Waals surface area contributed by atoms with E-state index in [0.29, 0.717) is 0 Å². The molecule has 52 valence electrons. The molecule has 1 rings (SSSR count). The second-order valence-electron chi connectivity index (χ2n) is 1.98. The molecule has 1 heterocycles. The average molecular weight is 138 g/mol. The number of rotatable bonds is 0. The van der Waals surface area contributed by atoms with Gasteiger partial charge in [-0.1, -0.05) is 0 Å². The van der Waals surface area contributed by atoms with Crippen molar-refractivity contribution in [2.75, 3.05) is 0 Å². The van der Waals surface area contributed by atoms with Crippen LogP contribution in [0.1, 0.15) is 6.92 Å². The van der Waals surface area contributed by atoms with Gasteiger partial charge in [-0.15, -0.1) is 0 Å². The second-order valence-corrected chi connectivity index (χ2v) is 1.98. The molecule has 4 nitrogen and oxygen atoms in total. The van der Waals surface area contributed by atoms with E-state index in [1.807, 2.05) is 0 Å². The first-order valence-corrected chi connectivity index (χ1v) is 2.77. The summed E-state index contributed by atoms with van der Waals surface area (Å²) in [6, 6.07) is 1.67. The van der Waals surface area contributed by atoms with Crippen molar-refractivity contribution in [2.24, 2.45) is 5.73 Å². The van der Waals surface area contributed by atoms with Crippen molar-refractivity contribution in [1.29, 1.82) is 5.26 Å². The van der Waals surface area contributed by atoms with Crippen molar-refractivity contribution in [3.05, 3.63) is 11.5 Å². The first-order chi connectivity index (χ1) is 4.66. The largest absolute Gasteiger partial charge is 0.467 e. The van der Waals surface area contributed by atoms with Gasteiger partial charge in [0.15, 0.2) is 11.7 Å². The Labute approximate surface area is 57.9 Å². The molecule has 1 aliphatic rings. The van der Waals surface area contributed by atoms with Gasteiger partial charge in [-0.25, -0.2) is 0 Å². The third-order valence-electron chi connectivity index (χ3n) is 1.28. The summed E-state index contributed by atoms with van der Waals surface area (Å²) in [7, 11) is 0.